The van der Waals surface area contributed by atoms with Crippen molar-refractivity contribution in [2.24, 2.45) is 13.0 Å². The highest BCUT2D eigenvalue weighted by Gasteiger charge is 2.36. The summed E-state index contributed by atoms with van der Waals surface area (Å²) in [5.41, 5.74) is 1.98. The van der Waals surface area contributed by atoms with Crippen molar-refractivity contribution in [2.75, 3.05) is 53.6 Å². The quantitative estimate of drug-likeness (QED) is 0.673. The van der Waals surface area contributed by atoms with Crippen LogP contribution in [0.2, 0.25) is 0 Å². The van der Waals surface area contributed by atoms with Crippen molar-refractivity contribution in [2.45, 2.75) is 18.9 Å². The molecule has 2 atom stereocenters. The van der Waals surface area contributed by atoms with E-state index in [1.165, 1.54) is 0 Å². The number of ether oxygens (including phenoxy) is 2. The van der Waals surface area contributed by atoms with Gasteiger partial charge >= 0.3 is 0 Å². The third kappa shape index (κ3) is 3.76. The Morgan fingerprint density at radius 2 is 2.29 bits per heavy atom. The molecular weight excluding hydrogens is 310 g/mol. The number of aromatic nitrogens is 3. The molecule has 0 radical (unpaired) electrons. The number of fused-ring (bicyclic) bond motifs is 1. The van der Waals surface area contributed by atoms with E-state index in [4.69, 9.17) is 9.47 Å². The van der Waals surface area contributed by atoms with Gasteiger partial charge in [0, 0.05) is 32.7 Å². The van der Waals surface area contributed by atoms with Crippen LogP contribution >= 0.6 is 0 Å². The molecule has 3 heterocycles. The van der Waals surface area contributed by atoms with Gasteiger partial charge in [-0.3, -0.25) is 9.48 Å². The summed E-state index contributed by atoms with van der Waals surface area (Å²) in [6, 6.07) is 0. The number of aryl methyl sites for hydroxylation is 1. The van der Waals surface area contributed by atoms with Gasteiger partial charge in [-0.25, -0.2) is 0 Å². The Morgan fingerprint density at radius 1 is 1.46 bits per heavy atom. The van der Waals surface area contributed by atoms with E-state index < -0.39 is 0 Å². The van der Waals surface area contributed by atoms with Crippen LogP contribution in [0.1, 0.15) is 23.7 Å². The average molecular weight is 337 g/mol. The molecule has 1 amide bonds. The van der Waals surface area contributed by atoms with Crippen molar-refractivity contribution in [3.05, 3.63) is 11.4 Å². The second-order valence-electron chi connectivity index (χ2n) is 6.90. The Labute approximate surface area is 142 Å². The van der Waals surface area contributed by atoms with E-state index >= 15 is 0 Å². The first-order valence-electron chi connectivity index (χ1n) is 8.53. The van der Waals surface area contributed by atoms with Crippen molar-refractivity contribution in [3.8, 4) is 0 Å². The van der Waals surface area contributed by atoms with E-state index in [1.54, 1.807) is 0 Å². The lowest BCUT2D eigenvalue weighted by Gasteiger charge is -2.33. The smallest absolute Gasteiger partial charge is 0.228 e. The Kier molecular flexibility index (Phi) is 5.47. The zero-order valence-corrected chi connectivity index (χ0v) is 14.8. The third-order valence-electron chi connectivity index (χ3n) is 4.70. The molecule has 0 aliphatic carbocycles. The maximum absolute atomic E-state index is 12.7. The maximum Gasteiger partial charge on any atom is 0.228 e. The van der Waals surface area contributed by atoms with Crippen LogP contribution in [0.25, 0.3) is 0 Å². The molecular formula is C16H27N5O3. The molecule has 1 fully saturated rings. The Bertz CT molecular complexity index is 568. The highest BCUT2D eigenvalue weighted by molar-refractivity contribution is 5.79. The number of rotatable bonds is 6. The molecule has 2 aliphatic rings. The van der Waals surface area contributed by atoms with Crippen LogP contribution in [0.15, 0.2) is 0 Å². The van der Waals surface area contributed by atoms with Gasteiger partial charge in [-0.2, -0.15) is 0 Å². The van der Waals surface area contributed by atoms with Crippen LogP contribution in [-0.2, 0) is 27.9 Å². The summed E-state index contributed by atoms with van der Waals surface area (Å²) in [6.07, 6.45) is 0.812. The summed E-state index contributed by atoms with van der Waals surface area (Å²) in [7, 11) is 5.95. The first kappa shape index (κ1) is 17.3. The monoisotopic (exact) mass is 337 g/mol. The van der Waals surface area contributed by atoms with Gasteiger partial charge in [0.2, 0.25) is 5.91 Å². The van der Waals surface area contributed by atoms with E-state index in [9.17, 15) is 4.79 Å². The topological polar surface area (TPSA) is 72.7 Å². The number of likely N-dealkylation sites (N-methyl/N-ethyl adjacent to an activating group) is 1. The molecule has 0 aromatic carbocycles. The molecule has 1 aromatic rings. The number of carbonyl (C=O) groups excluding carboxylic acids is 1. The first-order valence-corrected chi connectivity index (χ1v) is 8.53. The van der Waals surface area contributed by atoms with Gasteiger partial charge in [-0.05, 0) is 20.5 Å². The van der Waals surface area contributed by atoms with Crippen LogP contribution in [0, 0.1) is 5.92 Å². The molecule has 1 aromatic heterocycles. The summed E-state index contributed by atoms with van der Waals surface area (Å²) in [5.74, 6) is 0.266. The molecule has 2 unspecified atom stereocenters. The van der Waals surface area contributed by atoms with Gasteiger partial charge in [0.25, 0.3) is 0 Å². The van der Waals surface area contributed by atoms with Crippen molar-refractivity contribution in [1.82, 2.24) is 24.8 Å². The van der Waals surface area contributed by atoms with Crippen molar-refractivity contribution in [1.29, 1.82) is 0 Å². The molecule has 134 valence electrons. The third-order valence-corrected chi connectivity index (χ3v) is 4.70. The van der Waals surface area contributed by atoms with Gasteiger partial charge in [0.15, 0.2) is 0 Å². The summed E-state index contributed by atoms with van der Waals surface area (Å²) in [5, 5.41) is 8.38. The fourth-order valence-corrected chi connectivity index (χ4v) is 3.38. The standard InChI is InChI=1S/C16H27N5O3/c1-19(2)5-7-24-11-13-8-21(16(22)12-4-6-23-10-12)9-14-15(13)20(3)18-17-14/h12-13H,4-11H2,1-3H3. The van der Waals surface area contributed by atoms with Crippen LogP contribution in [0.3, 0.4) is 0 Å². The van der Waals surface area contributed by atoms with E-state index in [-0.39, 0.29) is 17.7 Å². The highest BCUT2D eigenvalue weighted by atomic mass is 16.5. The second kappa shape index (κ2) is 7.58. The molecule has 0 N–H and O–H groups in total. The SMILES string of the molecule is CN(C)CCOCC1CN(C(=O)C2CCOC2)Cc2nnn(C)c21. The number of amides is 1. The molecule has 8 heteroatoms. The number of nitrogens with zero attached hydrogens (tertiary/aromatic N) is 5. The number of carbonyl (C=O) groups is 1. The highest BCUT2D eigenvalue weighted by Crippen LogP contribution is 2.29. The lowest BCUT2D eigenvalue weighted by molar-refractivity contribution is -0.137. The zero-order chi connectivity index (χ0) is 17.1. The number of hydrogen-bond acceptors (Lipinski definition) is 6. The summed E-state index contributed by atoms with van der Waals surface area (Å²) in [4.78, 5) is 16.7. The van der Waals surface area contributed by atoms with Gasteiger partial charge in [0.1, 0.15) is 5.69 Å². The Balaban J connectivity index is 1.67. The molecule has 0 bridgehead atoms. The Morgan fingerprint density at radius 3 is 3.00 bits per heavy atom. The second-order valence-corrected chi connectivity index (χ2v) is 6.90. The summed E-state index contributed by atoms with van der Waals surface area (Å²) >= 11 is 0. The minimum atomic E-state index is -0.0152. The van der Waals surface area contributed by atoms with Gasteiger partial charge in [-0.1, -0.05) is 5.21 Å². The fourth-order valence-electron chi connectivity index (χ4n) is 3.38. The van der Waals surface area contributed by atoms with Crippen LogP contribution in [0.4, 0.5) is 0 Å². The normalized spacial score (nSPS) is 23.8. The molecule has 8 nitrogen and oxygen atoms in total. The molecule has 0 saturated carbocycles. The summed E-state index contributed by atoms with van der Waals surface area (Å²) in [6.45, 7) is 4.54. The van der Waals surface area contributed by atoms with E-state index in [0.29, 0.717) is 39.5 Å². The first-order chi connectivity index (χ1) is 11.6. The number of hydrogen-bond donors (Lipinski definition) is 0. The Hall–Kier alpha value is -1.51. The zero-order valence-electron chi connectivity index (χ0n) is 14.8. The van der Waals surface area contributed by atoms with E-state index in [2.05, 4.69) is 15.2 Å². The van der Waals surface area contributed by atoms with Crippen LogP contribution < -0.4 is 0 Å². The minimum absolute atomic E-state index is 0.0152. The molecule has 0 spiro atoms. The molecule has 1 saturated heterocycles. The van der Waals surface area contributed by atoms with Gasteiger partial charge in [0.05, 0.1) is 38.0 Å². The predicted molar refractivity (Wildman–Crippen MR) is 87.5 cm³/mol. The average Bonchev–Trinajstić information content (AvgIpc) is 3.21. The molecule has 2 aliphatic heterocycles. The maximum atomic E-state index is 12.7. The largest absolute Gasteiger partial charge is 0.381 e. The van der Waals surface area contributed by atoms with Crippen LogP contribution in [-0.4, -0.2) is 84.3 Å². The van der Waals surface area contributed by atoms with Crippen molar-refractivity contribution in [3.63, 3.8) is 0 Å². The van der Waals surface area contributed by atoms with E-state index in [0.717, 1.165) is 24.4 Å². The van der Waals surface area contributed by atoms with Crippen molar-refractivity contribution >= 4 is 5.91 Å². The fraction of sp³-hybridized carbons (Fsp3) is 0.812. The minimum Gasteiger partial charge on any atom is -0.381 e. The van der Waals surface area contributed by atoms with Crippen LogP contribution in [0.5, 0.6) is 0 Å². The molecule has 24 heavy (non-hydrogen) atoms. The lowest BCUT2D eigenvalue weighted by atomic mass is 9.97. The predicted octanol–water partition coefficient (Wildman–Crippen LogP) is -0.144. The summed E-state index contributed by atoms with van der Waals surface area (Å²) < 4.78 is 13.0. The lowest BCUT2D eigenvalue weighted by Crippen LogP contribution is -2.43. The van der Waals surface area contributed by atoms with Gasteiger partial charge < -0.3 is 19.3 Å². The molecule has 3 rings (SSSR count). The van der Waals surface area contributed by atoms with Gasteiger partial charge in [-0.15, -0.1) is 5.10 Å². The van der Waals surface area contributed by atoms with E-state index in [1.807, 2.05) is 30.7 Å². The van der Waals surface area contributed by atoms with Crippen molar-refractivity contribution < 1.29 is 14.3 Å².